The van der Waals surface area contributed by atoms with Crippen LogP contribution < -0.4 is 10.1 Å². The molecular formula is C20H26ClNO3. The largest absolute Gasteiger partial charge is 0.485 e. The third-order valence-electron chi connectivity index (χ3n) is 3.84. The molecule has 1 aromatic heterocycles. The lowest BCUT2D eigenvalue weighted by molar-refractivity contribution is 0.0917. The number of aryl methyl sites for hydroxylation is 1. The first kappa shape index (κ1) is 19.4. The van der Waals surface area contributed by atoms with Crippen LogP contribution in [0.5, 0.6) is 5.75 Å². The highest BCUT2D eigenvalue weighted by Crippen LogP contribution is 2.32. The molecule has 0 aliphatic heterocycles. The number of hydrogen-bond donors (Lipinski definition) is 1. The van der Waals surface area contributed by atoms with Gasteiger partial charge in [-0.05, 0) is 54.2 Å². The molecule has 0 unspecified atom stereocenters. The molecule has 4 nitrogen and oxygen atoms in total. The van der Waals surface area contributed by atoms with Gasteiger partial charge in [-0.2, -0.15) is 0 Å². The van der Waals surface area contributed by atoms with Crippen LogP contribution in [0, 0.1) is 12.8 Å². The number of rotatable bonds is 7. The van der Waals surface area contributed by atoms with Crippen molar-refractivity contribution in [2.24, 2.45) is 5.92 Å². The van der Waals surface area contributed by atoms with Gasteiger partial charge in [0.05, 0.1) is 0 Å². The fourth-order valence-corrected chi connectivity index (χ4v) is 2.53. The quantitative estimate of drug-likeness (QED) is 0.723. The second-order valence-electron chi connectivity index (χ2n) is 6.95. The van der Waals surface area contributed by atoms with E-state index < -0.39 is 0 Å². The number of nitrogens with one attached hydrogen (secondary N) is 1. The van der Waals surface area contributed by atoms with Gasteiger partial charge in [-0.25, -0.2) is 0 Å². The number of hydrogen-bond acceptors (Lipinski definition) is 3. The number of halogens is 1. The van der Waals surface area contributed by atoms with Gasteiger partial charge in [0, 0.05) is 11.6 Å². The van der Waals surface area contributed by atoms with Crippen molar-refractivity contribution in [2.45, 2.75) is 47.1 Å². The SMILES string of the molecule is Cc1cc(OCc2ccc(C(=O)NCC(C)C)o2)c(C(C)C)cc1Cl. The van der Waals surface area contributed by atoms with E-state index in [0.717, 1.165) is 21.9 Å². The molecule has 1 heterocycles. The molecule has 2 rings (SSSR count). The van der Waals surface area contributed by atoms with E-state index in [1.807, 2.05) is 32.9 Å². The van der Waals surface area contributed by atoms with E-state index >= 15 is 0 Å². The summed E-state index contributed by atoms with van der Waals surface area (Å²) < 4.78 is 11.5. The lowest BCUT2D eigenvalue weighted by atomic mass is 10.0. The first-order valence-electron chi connectivity index (χ1n) is 8.57. The van der Waals surface area contributed by atoms with Crippen LogP contribution in [0.3, 0.4) is 0 Å². The lowest BCUT2D eigenvalue weighted by Gasteiger charge is -2.15. The van der Waals surface area contributed by atoms with Gasteiger partial charge in [-0.15, -0.1) is 0 Å². The highest BCUT2D eigenvalue weighted by molar-refractivity contribution is 6.31. The average molecular weight is 364 g/mol. The molecule has 0 bridgehead atoms. The third-order valence-corrected chi connectivity index (χ3v) is 4.25. The molecule has 25 heavy (non-hydrogen) atoms. The Bertz CT molecular complexity index is 735. The van der Waals surface area contributed by atoms with Crippen molar-refractivity contribution in [2.75, 3.05) is 6.54 Å². The normalized spacial score (nSPS) is 11.2. The summed E-state index contributed by atoms with van der Waals surface area (Å²) in [7, 11) is 0. The zero-order chi connectivity index (χ0) is 18.6. The minimum Gasteiger partial charge on any atom is -0.485 e. The van der Waals surface area contributed by atoms with Crippen molar-refractivity contribution in [3.05, 3.63) is 51.9 Å². The van der Waals surface area contributed by atoms with Crippen LogP contribution in [0.15, 0.2) is 28.7 Å². The first-order chi connectivity index (χ1) is 11.8. The molecule has 0 fully saturated rings. The standard InChI is InChI=1S/C20H26ClNO3/c1-12(2)10-22-20(23)18-7-6-15(25-18)11-24-19-8-14(5)17(21)9-16(19)13(3)4/h6-9,12-13H,10-11H2,1-5H3,(H,22,23). The molecule has 0 aliphatic rings. The molecular weight excluding hydrogens is 338 g/mol. The van der Waals surface area contributed by atoms with Gasteiger partial charge >= 0.3 is 0 Å². The highest BCUT2D eigenvalue weighted by atomic mass is 35.5. The number of carbonyl (C=O) groups excluding carboxylic acids is 1. The van der Waals surface area contributed by atoms with E-state index in [2.05, 4.69) is 19.2 Å². The smallest absolute Gasteiger partial charge is 0.287 e. The Kier molecular flexibility index (Phi) is 6.54. The Morgan fingerprint density at radius 3 is 2.60 bits per heavy atom. The molecule has 0 atom stereocenters. The van der Waals surface area contributed by atoms with Crippen LogP contribution in [0.25, 0.3) is 0 Å². The number of benzene rings is 1. The van der Waals surface area contributed by atoms with Gasteiger partial charge in [-0.1, -0.05) is 39.3 Å². The maximum Gasteiger partial charge on any atom is 0.287 e. The molecule has 1 N–H and O–H groups in total. The summed E-state index contributed by atoms with van der Waals surface area (Å²) in [5.41, 5.74) is 2.02. The molecule has 5 heteroatoms. The minimum absolute atomic E-state index is 0.204. The topological polar surface area (TPSA) is 51.5 Å². The fourth-order valence-electron chi connectivity index (χ4n) is 2.36. The van der Waals surface area contributed by atoms with E-state index in [-0.39, 0.29) is 12.5 Å². The fraction of sp³-hybridized carbons (Fsp3) is 0.450. The van der Waals surface area contributed by atoms with E-state index in [0.29, 0.717) is 29.9 Å². The van der Waals surface area contributed by atoms with Crippen LogP contribution in [-0.4, -0.2) is 12.5 Å². The Morgan fingerprint density at radius 1 is 1.24 bits per heavy atom. The number of ether oxygens (including phenoxy) is 1. The lowest BCUT2D eigenvalue weighted by Crippen LogP contribution is -2.26. The summed E-state index contributed by atoms with van der Waals surface area (Å²) in [4.78, 5) is 12.0. The van der Waals surface area contributed by atoms with Crippen molar-refractivity contribution in [3.63, 3.8) is 0 Å². The summed E-state index contributed by atoms with van der Waals surface area (Å²) in [6.45, 7) is 11.1. The van der Waals surface area contributed by atoms with Gasteiger partial charge in [0.2, 0.25) is 0 Å². The number of furan rings is 1. The Hall–Kier alpha value is -1.94. The van der Waals surface area contributed by atoms with Crippen molar-refractivity contribution >= 4 is 17.5 Å². The molecule has 136 valence electrons. The molecule has 0 spiro atoms. The second-order valence-corrected chi connectivity index (χ2v) is 7.36. The van der Waals surface area contributed by atoms with Gasteiger partial charge in [0.15, 0.2) is 5.76 Å². The van der Waals surface area contributed by atoms with Crippen molar-refractivity contribution < 1.29 is 13.9 Å². The van der Waals surface area contributed by atoms with Gasteiger partial charge < -0.3 is 14.5 Å². The Morgan fingerprint density at radius 2 is 1.96 bits per heavy atom. The Balaban J connectivity index is 2.05. The summed E-state index contributed by atoms with van der Waals surface area (Å²) in [5, 5.41) is 3.57. The van der Waals surface area contributed by atoms with E-state index in [1.54, 1.807) is 12.1 Å². The first-order valence-corrected chi connectivity index (χ1v) is 8.95. The van der Waals surface area contributed by atoms with Crippen molar-refractivity contribution in [1.29, 1.82) is 0 Å². The van der Waals surface area contributed by atoms with Crippen LogP contribution in [-0.2, 0) is 6.61 Å². The zero-order valence-electron chi connectivity index (χ0n) is 15.5. The predicted octanol–water partition coefficient (Wildman–Crippen LogP) is 5.33. The molecule has 0 saturated carbocycles. The Labute approximate surface area is 154 Å². The summed E-state index contributed by atoms with van der Waals surface area (Å²) in [6, 6.07) is 7.33. The molecule has 2 aromatic rings. The van der Waals surface area contributed by atoms with Crippen LogP contribution in [0.2, 0.25) is 5.02 Å². The van der Waals surface area contributed by atoms with Crippen LogP contribution in [0.4, 0.5) is 0 Å². The molecule has 0 radical (unpaired) electrons. The van der Waals surface area contributed by atoms with Crippen molar-refractivity contribution in [1.82, 2.24) is 5.32 Å². The molecule has 1 aromatic carbocycles. The van der Waals surface area contributed by atoms with Crippen molar-refractivity contribution in [3.8, 4) is 5.75 Å². The van der Waals surface area contributed by atoms with Gasteiger partial charge in [0.1, 0.15) is 18.1 Å². The highest BCUT2D eigenvalue weighted by Gasteiger charge is 2.14. The second kappa shape index (κ2) is 8.43. The summed E-state index contributed by atoms with van der Waals surface area (Å²) in [6.07, 6.45) is 0. The molecule has 0 saturated heterocycles. The zero-order valence-corrected chi connectivity index (χ0v) is 16.2. The average Bonchev–Trinajstić information content (AvgIpc) is 3.02. The van der Waals surface area contributed by atoms with Crippen LogP contribution in [0.1, 0.15) is 61.1 Å². The third kappa shape index (κ3) is 5.27. The van der Waals surface area contributed by atoms with E-state index in [4.69, 9.17) is 20.8 Å². The predicted molar refractivity (Wildman–Crippen MR) is 100 cm³/mol. The monoisotopic (exact) mass is 363 g/mol. The number of amides is 1. The summed E-state index contributed by atoms with van der Waals surface area (Å²) >= 11 is 6.22. The van der Waals surface area contributed by atoms with Gasteiger partial charge in [-0.3, -0.25) is 4.79 Å². The maximum atomic E-state index is 12.0. The van der Waals surface area contributed by atoms with Gasteiger partial charge in [0.25, 0.3) is 5.91 Å². The number of carbonyl (C=O) groups is 1. The van der Waals surface area contributed by atoms with E-state index in [9.17, 15) is 4.79 Å². The molecule has 1 amide bonds. The minimum atomic E-state index is -0.204. The maximum absolute atomic E-state index is 12.0. The summed E-state index contributed by atoms with van der Waals surface area (Å²) in [5.74, 6) is 2.18. The van der Waals surface area contributed by atoms with Crippen LogP contribution >= 0.6 is 11.6 Å². The van der Waals surface area contributed by atoms with E-state index in [1.165, 1.54) is 0 Å². The molecule has 0 aliphatic carbocycles.